The molecule has 0 spiro atoms. The van der Waals surface area contributed by atoms with Crippen LogP contribution >= 0.6 is 24.8 Å². The van der Waals surface area contributed by atoms with Gasteiger partial charge in [0.25, 0.3) is 0 Å². The van der Waals surface area contributed by atoms with Gasteiger partial charge < -0.3 is 20.4 Å². The average Bonchev–Trinajstić information content (AvgIpc) is 3.03. The Morgan fingerprint density at radius 3 is 2.73 bits per heavy atom. The Labute approximate surface area is 145 Å². The summed E-state index contributed by atoms with van der Waals surface area (Å²) in [7, 11) is 3.97. The number of nitrogens with one attached hydrogen (secondary N) is 2. The minimum atomic E-state index is -0.175. The number of hydrogen-bond acceptors (Lipinski definition) is 4. The SMILES string of the molecule is CN(C)CCN1CC(C(=O)NCC2CCCN2)CC1=O.Cl.Cl. The molecule has 2 N–H and O–H groups in total. The molecule has 0 aliphatic carbocycles. The van der Waals surface area contributed by atoms with E-state index in [-0.39, 0.29) is 42.5 Å². The van der Waals surface area contributed by atoms with Crippen molar-refractivity contribution < 1.29 is 9.59 Å². The van der Waals surface area contributed by atoms with Crippen LogP contribution in [0.4, 0.5) is 0 Å². The van der Waals surface area contributed by atoms with Crippen molar-refractivity contribution in [3.05, 3.63) is 0 Å². The number of amides is 2. The average molecular weight is 355 g/mol. The monoisotopic (exact) mass is 354 g/mol. The van der Waals surface area contributed by atoms with Crippen LogP contribution in [0.2, 0.25) is 0 Å². The normalized spacial score (nSPS) is 24.1. The summed E-state index contributed by atoms with van der Waals surface area (Å²) >= 11 is 0. The van der Waals surface area contributed by atoms with Crippen molar-refractivity contribution in [1.82, 2.24) is 20.4 Å². The van der Waals surface area contributed by atoms with E-state index in [9.17, 15) is 9.59 Å². The summed E-state index contributed by atoms with van der Waals surface area (Å²) in [5.74, 6) is -0.0449. The zero-order valence-electron chi connectivity index (χ0n) is 13.3. The molecule has 22 heavy (non-hydrogen) atoms. The molecule has 0 aromatic heterocycles. The van der Waals surface area contributed by atoms with E-state index in [1.165, 1.54) is 6.42 Å². The number of rotatable bonds is 6. The quantitative estimate of drug-likeness (QED) is 0.710. The molecule has 8 heteroatoms. The number of carbonyl (C=O) groups is 2. The number of halogens is 2. The summed E-state index contributed by atoms with van der Waals surface area (Å²) in [4.78, 5) is 27.8. The highest BCUT2D eigenvalue weighted by molar-refractivity contribution is 5.89. The fourth-order valence-corrected chi connectivity index (χ4v) is 2.78. The molecular weight excluding hydrogens is 327 g/mol. The molecular formula is C14H28Cl2N4O2. The lowest BCUT2D eigenvalue weighted by molar-refractivity contribution is -0.129. The molecule has 2 aliphatic heterocycles. The highest BCUT2D eigenvalue weighted by Gasteiger charge is 2.34. The van der Waals surface area contributed by atoms with Gasteiger partial charge in [0.2, 0.25) is 11.8 Å². The van der Waals surface area contributed by atoms with Crippen molar-refractivity contribution in [1.29, 1.82) is 0 Å². The van der Waals surface area contributed by atoms with Crippen LogP contribution in [-0.4, -0.2) is 74.5 Å². The van der Waals surface area contributed by atoms with Crippen LogP contribution in [0.25, 0.3) is 0 Å². The number of hydrogen-bond donors (Lipinski definition) is 2. The van der Waals surface area contributed by atoms with Gasteiger partial charge in [-0.25, -0.2) is 0 Å². The fraction of sp³-hybridized carbons (Fsp3) is 0.857. The van der Waals surface area contributed by atoms with Crippen LogP contribution in [0.5, 0.6) is 0 Å². The lowest BCUT2D eigenvalue weighted by atomic mass is 10.1. The zero-order chi connectivity index (χ0) is 14.5. The molecule has 2 unspecified atom stereocenters. The van der Waals surface area contributed by atoms with Gasteiger partial charge in [0, 0.05) is 38.6 Å². The highest BCUT2D eigenvalue weighted by Crippen LogP contribution is 2.17. The maximum absolute atomic E-state index is 12.1. The topological polar surface area (TPSA) is 64.7 Å². The summed E-state index contributed by atoms with van der Waals surface area (Å²) < 4.78 is 0. The first-order valence-electron chi connectivity index (χ1n) is 7.50. The second-order valence-electron chi connectivity index (χ2n) is 6.08. The molecule has 0 radical (unpaired) electrons. The predicted octanol–water partition coefficient (Wildman–Crippen LogP) is 0.108. The Morgan fingerprint density at radius 2 is 2.14 bits per heavy atom. The van der Waals surface area contributed by atoms with Crippen LogP contribution in [0.1, 0.15) is 19.3 Å². The molecule has 2 atom stereocenters. The van der Waals surface area contributed by atoms with Crippen molar-refractivity contribution in [2.45, 2.75) is 25.3 Å². The number of carbonyl (C=O) groups excluding carboxylic acids is 2. The van der Waals surface area contributed by atoms with Gasteiger partial charge in [-0.1, -0.05) is 0 Å². The fourth-order valence-electron chi connectivity index (χ4n) is 2.78. The van der Waals surface area contributed by atoms with Crippen molar-refractivity contribution >= 4 is 36.6 Å². The molecule has 0 aromatic carbocycles. The number of likely N-dealkylation sites (tertiary alicyclic amines) is 1. The highest BCUT2D eigenvalue weighted by atomic mass is 35.5. The first-order chi connectivity index (χ1) is 9.56. The standard InChI is InChI=1S/C14H26N4O2.2ClH/c1-17(2)6-7-18-10-11(8-13(18)19)14(20)16-9-12-4-3-5-15-12;;/h11-12,15H,3-10H2,1-2H3,(H,16,20);2*1H. The molecule has 130 valence electrons. The van der Waals surface area contributed by atoms with Gasteiger partial charge in [-0.05, 0) is 33.5 Å². The van der Waals surface area contributed by atoms with Crippen LogP contribution in [0, 0.1) is 5.92 Å². The van der Waals surface area contributed by atoms with Gasteiger partial charge in [-0.15, -0.1) is 24.8 Å². The third-order valence-corrected chi connectivity index (χ3v) is 4.09. The van der Waals surface area contributed by atoms with Crippen molar-refractivity contribution in [2.24, 2.45) is 5.92 Å². The third kappa shape index (κ3) is 6.28. The Hall–Kier alpha value is -0.560. The molecule has 2 fully saturated rings. The van der Waals surface area contributed by atoms with Crippen molar-refractivity contribution in [3.63, 3.8) is 0 Å². The van der Waals surface area contributed by atoms with E-state index in [0.717, 1.165) is 19.5 Å². The van der Waals surface area contributed by atoms with Gasteiger partial charge in [-0.2, -0.15) is 0 Å². The summed E-state index contributed by atoms with van der Waals surface area (Å²) in [6.45, 7) is 3.84. The minimum absolute atomic E-state index is 0. The Bertz CT molecular complexity index is 363. The van der Waals surface area contributed by atoms with E-state index in [1.54, 1.807) is 4.90 Å². The summed E-state index contributed by atoms with van der Waals surface area (Å²) in [5, 5.41) is 6.34. The van der Waals surface area contributed by atoms with Crippen LogP contribution in [0.3, 0.4) is 0 Å². The lowest BCUT2D eigenvalue weighted by Crippen LogP contribution is -2.41. The molecule has 2 heterocycles. The van der Waals surface area contributed by atoms with E-state index < -0.39 is 0 Å². The number of nitrogens with zero attached hydrogens (tertiary/aromatic N) is 2. The van der Waals surface area contributed by atoms with E-state index >= 15 is 0 Å². The van der Waals surface area contributed by atoms with Gasteiger partial charge in [0.1, 0.15) is 0 Å². The maximum Gasteiger partial charge on any atom is 0.225 e. The lowest BCUT2D eigenvalue weighted by Gasteiger charge is -2.19. The van der Waals surface area contributed by atoms with Gasteiger partial charge >= 0.3 is 0 Å². The molecule has 0 saturated carbocycles. The Kier molecular flexibility index (Phi) is 10.00. The van der Waals surface area contributed by atoms with Crippen LogP contribution in [0.15, 0.2) is 0 Å². The summed E-state index contributed by atoms with van der Waals surface area (Å²) in [6.07, 6.45) is 2.66. The largest absolute Gasteiger partial charge is 0.354 e. The first kappa shape index (κ1) is 21.4. The molecule has 2 rings (SSSR count). The van der Waals surface area contributed by atoms with Crippen molar-refractivity contribution in [3.8, 4) is 0 Å². The smallest absolute Gasteiger partial charge is 0.225 e. The molecule has 6 nitrogen and oxygen atoms in total. The third-order valence-electron chi connectivity index (χ3n) is 4.09. The van der Waals surface area contributed by atoms with E-state index in [1.807, 2.05) is 19.0 Å². The Balaban J connectivity index is 0.00000220. The first-order valence-corrected chi connectivity index (χ1v) is 7.50. The molecule has 2 aliphatic rings. The van der Waals surface area contributed by atoms with E-state index in [0.29, 0.717) is 32.1 Å². The summed E-state index contributed by atoms with van der Waals surface area (Å²) in [6, 6.07) is 0.404. The van der Waals surface area contributed by atoms with Crippen molar-refractivity contribution in [2.75, 3.05) is 46.8 Å². The summed E-state index contributed by atoms with van der Waals surface area (Å²) in [5.41, 5.74) is 0. The van der Waals surface area contributed by atoms with Gasteiger partial charge in [-0.3, -0.25) is 9.59 Å². The molecule has 2 saturated heterocycles. The minimum Gasteiger partial charge on any atom is -0.354 e. The second kappa shape index (κ2) is 10.3. The second-order valence-corrected chi connectivity index (χ2v) is 6.08. The Morgan fingerprint density at radius 1 is 1.41 bits per heavy atom. The van der Waals surface area contributed by atoms with Crippen LogP contribution in [-0.2, 0) is 9.59 Å². The van der Waals surface area contributed by atoms with Gasteiger partial charge in [0.15, 0.2) is 0 Å². The van der Waals surface area contributed by atoms with E-state index in [2.05, 4.69) is 10.6 Å². The molecule has 0 bridgehead atoms. The predicted molar refractivity (Wildman–Crippen MR) is 91.8 cm³/mol. The number of likely N-dealkylation sites (N-methyl/N-ethyl adjacent to an activating group) is 1. The molecule has 2 amide bonds. The molecule has 0 aromatic rings. The van der Waals surface area contributed by atoms with Crippen LogP contribution < -0.4 is 10.6 Å². The maximum atomic E-state index is 12.1. The zero-order valence-corrected chi connectivity index (χ0v) is 15.0. The van der Waals surface area contributed by atoms with Gasteiger partial charge in [0.05, 0.1) is 5.92 Å². The van der Waals surface area contributed by atoms with E-state index in [4.69, 9.17) is 0 Å².